The van der Waals surface area contributed by atoms with Gasteiger partial charge in [0.25, 0.3) is 0 Å². The highest BCUT2D eigenvalue weighted by Gasteiger charge is 2.27. The minimum Gasteiger partial charge on any atom is -0.383 e. The number of rotatable bonds is 2. The van der Waals surface area contributed by atoms with Crippen molar-refractivity contribution in [3.63, 3.8) is 0 Å². The zero-order chi connectivity index (χ0) is 13.3. The van der Waals surface area contributed by atoms with Gasteiger partial charge in [0.2, 0.25) is 0 Å². The standard InChI is InChI=1S/C10H19N5O2S/c1-14-9(11)8(18(2,16)17)10(13-14)15-6-3-4-12-5-7-15/h12H,3-7,11H2,1-2H3. The molecule has 0 atom stereocenters. The van der Waals surface area contributed by atoms with Gasteiger partial charge in [-0.2, -0.15) is 5.10 Å². The molecule has 0 spiro atoms. The summed E-state index contributed by atoms with van der Waals surface area (Å²) in [6.45, 7) is 3.28. The summed E-state index contributed by atoms with van der Waals surface area (Å²) < 4.78 is 25.1. The van der Waals surface area contributed by atoms with Crippen LogP contribution in [0.25, 0.3) is 0 Å². The third-order valence-electron chi connectivity index (χ3n) is 3.04. The Balaban J connectivity index is 2.46. The largest absolute Gasteiger partial charge is 0.383 e. The number of nitrogens with two attached hydrogens (primary N) is 1. The lowest BCUT2D eigenvalue weighted by molar-refractivity contribution is 0.601. The maximum absolute atomic E-state index is 11.8. The summed E-state index contributed by atoms with van der Waals surface area (Å²) in [7, 11) is -1.72. The topological polar surface area (TPSA) is 93.2 Å². The summed E-state index contributed by atoms with van der Waals surface area (Å²) in [6.07, 6.45) is 2.12. The Bertz CT molecular complexity index is 529. The van der Waals surface area contributed by atoms with Crippen LogP contribution in [0, 0.1) is 0 Å². The van der Waals surface area contributed by atoms with Gasteiger partial charge in [-0.15, -0.1) is 0 Å². The SMILES string of the molecule is Cn1nc(N2CCCNCC2)c(S(C)(=O)=O)c1N. The number of hydrogen-bond acceptors (Lipinski definition) is 6. The van der Waals surface area contributed by atoms with Crippen LogP contribution < -0.4 is 16.0 Å². The van der Waals surface area contributed by atoms with Gasteiger partial charge in [0.1, 0.15) is 5.82 Å². The van der Waals surface area contributed by atoms with Crippen molar-refractivity contribution in [1.82, 2.24) is 15.1 Å². The second-order valence-electron chi connectivity index (χ2n) is 4.52. The molecule has 0 radical (unpaired) electrons. The average Bonchev–Trinajstić information content (AvgIpc) is 2.50. The van der Waals surface area contributed by atoms with E-state index in [-0.39, 0.29) is 10.7 Å². The number of nitrogens with zero attached hydrogens (tertiary/aromatic N) is 3. The van der Waals surface area contributed by atoms with Gasteiger partial charge in [-0.3, -0.25) is 0 Å². The number of aryl methyl sites for hydroxylation is 1. The normalized spacial score (nSPS) is 17.8. The van der Waals surface area contributed by atoms with Gasteiger partial charge < -0.3 is 16.0 Å². The summed E-state index contributed by atoms with van der Waals surface area (Å²) in [5, 5.41) is 7.52. The summed E-state index contributed by atoms with van der Waals surface area (Å²) in [5.41, 5.74) is 5.81. The van der Waals surface area contributed by atoms with Crippen LogP contribution in [-0.2, 0) is 16.9 Å². The molecule has 0 unspecified atom stereocenters. The van der Waals surface area contributed by atoms with Crippen molar-refractivity contribution >= 4 is 21.5 Å². The van der Waals surface area contributed by atoms with E-state index in [0.29, 0.717) is 5.82 Å². The number of nitrogen functional groups attached to an aromatic ring is 1. The summed E-state index contributed by atoms with van der Waals surface area (Å²) in [5.74, 6) is 0.672. The lowest BCUT2D eigenvalue weighted by Crippen LogP contribution is -2.29. The number of hydrogen-bond donors (Lipinski definition) is 2. The number of nitrogens with one attached hydrogen (secondary N) is 1. The molecule has 0 bridgehead atoms. The molecule has 18 heavy (non-hydrogen) atoms. The molecule has 0 saturated carbocycles. The Hall–Kier alpha value is -1.28. The highest BCUT2D eigenvalue weighted by Crippen LogP contribution is 2.29. The first kappa shape index (κ1) is 13.2. The lowest BCUT2D eigenvalue weighted by Gasteiger charge is -2.20. The van der Waals surface area contributed by atoms with E-state index in [1.165, 1.54) is 10.9 Å². The minimum absolute atomic E-state index is 0.145. The zero-order valence-electron chi connectivity index (χ0n) is 10.7. The van der Waals surface area contributed by atoms with Crippen molar-refractivity contribution < 1.29 is 8.42 Å². The monoisotopic (exact) mass is 273 g/mol. The van der Waals surface area contributed by atoms with E-state index in [2.05, 4.69) is 10.4 Å². The van der Waals surface area contributed by atoms with Gasteiger partial charge >= 0.3 is 0 Å². The van der Waals surface area contributed by atoms with E-state index in [9.17, 15) is 8.42 Å². The van der Waals surface area contributed by atoms with Crippen molar-refractivity contribution in [2.24, 2.45) is 7.05 Å². The molecule has 2 heterocycles. The molecule has 1 saturated heterocycles. The third kappa shape index (κ3) is 2.44. The highest BCUT2D eigenvalue weighted by atomic mass is 32.2. The molecule has 1 aromatic heterocycles. The molecule has 8 heteroatoms. The Kier molecular flexibility index (Phi) is 3.49. The molecular formula is C10H19N5O2S. The van der Waals surface area contributed by atoms with Crippen LogP contribution in [0.2, 0.25) is 0 Å². The summed E-state index contributed by atoms with van der Waals surface area (Å²) >= 11 is 0. The summed E-state index contributed by atoms with van der Waals surface area (Å²) in [6, 6.07) is 0. The first-order valence-corrected chi connectivity index (χ1v) is 7.78. The van der Waals surface area contributed by atoms with Gasteiger partial charge in [0.15, 0.2) is 20.6 Å². The molecular weight excluding hydrogens is 254 g/mol. The molecule has 102 valence electrons. The van der Waals surface area contributed by atoms with Crippen LogP contribution in [0.3, 0.4) is 0 Å². The lowest BCUT2D eigenvalue weighted by atomic mass is 10.4. The van der Waals surface area contributed by atoms with E-state index < -0.39 is 9.84 Å². The van der Waals surface area contributed by atoms with Crippen LogP contribution in [0.4, 0.5) is 11.6 Å². The second-order valence-corrected chi connectivity index (χ2v) is 6.48. The first-order valence-electron chi connectivity index (χ1n) is 5.89. The van der Waals surface area contributed by atoms with Crippen molar-refractivity contribution in [3.05, 3.63) is 0 Å². The molecule has 1 aliphatic heterocycles. The van der Waals surface area contributed by atoms with Crippen molar-refractivity contribution in [1.29, 1.82) is 0 Å². The van der Waals surface area contributed by atoms with E-state index >= 15 is 0 Å². The van der Waals surface area contributed by atoms with Gasteiger partial charge in [0.05, 0.1) is 0 Å². The smallest absolute Gasteiger partial charge is 0.182 e. The van der Waals surface area contributed by atoms with Crippen LogP contribution in [0.15, 0.2) is 4.90 Å². The minimum atomic E-state index is -3.37. The second kappa shape index (κ2) is 4.77. The molecule has 0 aromatic carbocycles. The Labute approximate surface area is 107 Å². The highest BCUT2D eigenvalue weighted by molar-refractivity contribution is 7.91. The maximum Gasteiger partial charge on any atom is 0.182 e. The van der Waals surface area contributed by atoms with E-state index in [1.54, 1.807) is 7.05 Å². The van der Waals surface area contributed by atoms with Crippen molar-refractivity contribution in [3.8, 4) is 0 Å². The quantitative estimate of drug-likeness (QED) is 0.733. The van der Waals surface area contributed by atoms with Crippen LogP contribution in [-0.4, -0.2) is 50.6 Å². The Morgan fingerprint density at radius 2 is 2.06 bits per heavy atom. The van der Waals surface area contributed by atoms with Gasteiger partial charge in [-0.05, 0) is 13.0 Å². The van der Waals surface area contributed by atoms with E-state index in [4.69, 9.17) is 5.73 Å². The van der Waals surface area contributed by atoms with E-state index in [0.717, 1.165) is 32.6 Å². The molecule has 0 amide bonds. The molecule has 1 fully saturated rings. The van der Waals surface area contributed by atoms with Crippen LogP contribution in [0.5, 0.6) is 0 Å². The fraction of sp³-hybridized carbons (Fsp3) is 0.700. The van der Waals surface area contributed by atoms with Gasteiger partial charge in [0, 0.05) is 32.9 Å². The van der Waals surface area contributed by atoms with Crippen LogP contribution >= 0.6 is 0 Å². The fourth-order valence-corrected chi connectivity index (χ4v) is 3.14. The van der Waals surface area contributed by atoms with Crippen LogP contribution in [0.1, 0.15) is 6.42 Å². The van der Waals surface area contributed by atoms with E-state index in [1.807, 2.05) is 4.90 Å². The Morgan fingerprint density at radius 1 is 1.33 bits per heavy atom. The number of anilines is 2. The zero-order valence-corrected chi connectivity index (χ0v) is 11.5. The number of sulfone groups is 1. The molecule has 1 aliphatic rings. The first-order chi connectivity index (χ1) is 8.41. The van der Waals surface area contributed by atoms with Gasteiger partial charge in [-0.1, -0.05) is 0 Å². The molecule has 1 aromatic rings. The predicted octanol–water partition coefficient (Wildman–Crippen LogP) is -0.794. The average molecular weight is 273 g/mol. The van der Waals surface area contributed by atoms with Gasteiger partial charge in [-0.25, -0.2) is 13.1 Å². The van der Waals surface area contributed by atoms with Crippen molar-refractivity contribution in [2.45, 2.75) is 11.3 Å². The molecule has 3 N–H and O–H groups in total. The molecule has 7 nitrogen and oxygen atoms in total. The molecule has 2 rings (SSSR count). The number of aromatic nitrogens is 2. The molecule has 0 aliphatic carbocycles. The fourth-order valence-electron chi connectivity index (χ4n) is 2.12. The Morgan fingerprint density at radius 3 is 2.72 bits per heavy atom. The van der Waals surface area contributed by atoms with Crippen molar-refractivity contribution in [2.75, 3.05) is 43.1 Å². The summed E-state index contributed by atoms with van der Waals surface area (Å²) in [4.78, 5) is 2.12. The predicted molar refractivity (Wildman–Crippen MR) is 70.4 cm³/mol. The third-order valence-corrected chi connectivity index (χ3v) is 4.17. The maximum atomic E-state index is 11.8.